The van der Waals surface area contributed by atoms with Crippen molar-refractivity contribution < 1.29 is 24.1 Å². The first-order valence-electron chi connectivity index (χ1n) is 5.37. The summed E-state index contributed by atoms with van der Waals surface area (Å²) >= 11 is 0. The lowest BCUT2D eigenvalue weighted by Gasteiger charge is -2.04. The van der Waals surface area contributed by atoms with Crippen molar-refractivity contribution in [2.24, 2.45) is 0 Å². The fraction of sp³-hybridized carbons (Fsp3) is 0.0833. The Bertz CT molecular complexity index is 627. The van der Waals surface area contributed by atoms with E-state index in [1.54, 1.807) is 18.2 Å². The number of ether oxygens (including phenoxy) is 3. The molecule has 1 aromatic carbocycles. The van der Waals surface area contributed by atoms with E-state index in [2.05, 4.69) is 10.2 Å². The van der Waals surface area contributed by atoms with Crippen molar-refractivity contribution in [1.29, 1.82) is 0 Å². The van der Waals surface area contributed by atoms with Crippen molar-refractivity contribution in [2.45, 2.75) is 0 Å². The minimum atomic E-state index is -1.14. The van der Waals surface area contributed by atoms with Crippen LogP contribution in [0.1, 0.15) is 10.5 Å². The molecule has 1 aromatic heterocycles. The van der Waals surface area contributed by atoms with Crippen molar-refractivity contribution in [2.75, 3.05) is 6.79 Å². The predicted molar refractivity (Wildman–Crippen MR) is 61.6 cm³/mol. The summed E-state index contributed by atoms with van der Waals surface area (Å²) in [6.45, 7) is 0.186. The molecule has 2 heterocycles. The van der Waals surface area contributed by atoms with Crippen molar-refractivity contribution in [1.82, 2.24) is 10.2 Å². The first kappa shape index (κ1) is 11.3. The van der Waals surface area contributed by atoms with Crippen LogP contribution < -0.4 is 14.2 Å². The summed E-state index contributed by atoms with van der Waals surface area (Å²) in [5.74, 6) is 0.805. The summed E-state index contributed by atoms with van der Waals surface area (Å²) in [6, 6.07) is 7.82. The Balaban J connectivity index is 1.79. The molecule has 7 heteroatoms. The van der Waals surface area contributed by atoms with E-state index in [1.807, 2.05) is 0 Å². The first-order chi connectivity index (χ1) is 9.22. The summed E-state index contributed by atoms with van der Waals surface area (Å²) < 4.78 is 15.8. The van der Waals surface area contributed by atoms with E-state index in [-0.39, 0.29) is 18.4 Å². The Morgan fingerprint density at radius 2 is 2.00 bits per heavy atom. The van der Waals surface area contributed by atoms with Crippen LogP contribution in [0.3, 0.4) is 0 Å². The fourth-order valence-electron chi connectivity index (χ4n) is 1.55. The molecule has 1 aliphatic rings. The Hall–Kier alpha value is -2.83. The minimum Gasteiger partial charge on any atom is -0.476 e. The molecule has 2 aromatic rings. The van der Waals surface area contributed by atoms with E-state index in [9.17, 15) is 4.79 Å². The molecule has 19 heavy (non-hydrogen) atoms. The maximum Gasteiger partial charge on any atom is 0.356 e. The molecule has 3 rings (SSSR count). The standard InChI is InChI=1S/C12H8N2O5/c15-12(16)8-2-4-11(14-13-8)19-7-1-3-9-10(5-7)18-6-17-9/h1-5H,6H2,(H,15,16). The van der Waals surface area contributed by atoms with Crippen LogP contribution in [0.25, 0.3) is 0 Å². The molecule has 96 valence electrons. The first-order valence-corrected chi connectivity index (χ1v) is 5.37. The van der Waals surface area contributed by atoms with Gasteiger partial charge in [-0.1, -0.05) is 0 Å². The van der Waals surface area contributed by atoms with Gasteiger partial charge in [-0.15, -0.1) is 10.2 Å². The van der Waals surface area contributed by atoms with Gasteiger partial charge >= 0.3 is 5.97 Å². The van der Waals surface area contributed by atoms with Gasteiger partial charge in [0.1, 0.15) is 5.75 Å². The number of carbonyl (C=O) groups is 1. The van der Waals surface area contributed by atoms with Crippen LogP contribution >= 0.6 is 0 Å². The average molecular weight is 260 g/mol. The molecule has 0 saturated carbocycles. The van der Waals surface area contributed by atoms with Crippen LogP contribution in [-0.2, 0) is 0 Å². The van der Waals surface area contributed by atoms with E-state index >= 15 is 0 Å². The zero-order valence-electron chi connectivity index (χ0n) is 9.57. The molecule has 1 N–H and O–H groups in total. The molecule has 0 radical (unpaired) electrons. The topological polar surface area (TPSA) is 90.8 Å². The lowest BCUT2D eigenvalue weighted by Crippen LogP contribution is -2.02. The second kappa shape index (κ2) is 4.45. The van der Waals surface area contributed by atoms with E-state index in [0.29, 0.717) is 17.2 Å². The third-order valence-electron chi connectivity index (χ3n) is 2.43. The SMILES string of the molecule is O=C(O)c1ccc(Oc2ccc3c(c2)OCO3)nn1. The molecule has 0 spiro atoms. The molecular formula is C12H8N2O5. The van der Waals surface area contributed by atoms with Gasteiger partial charge in [0, 0.05) is 12.1 Å². The van der Waals surface area contributed by atoms with Crippen molar-refractivity contribution in [3.05, 3.63) is 36.0 Å². The van der Waals surface area contributed by atoms with Crippen LogP contribution in [0.4, 0.5) is 0 Å². The highest BCUT2D eigenvalue weighted by molar-refractivity contribution is 5.84. The largest absolute Gasteiger partial charge is 0.476 e. The molecule has 0 amide bonds. The van der Waals surface area contributed by atoms with Gasteiger partial charge in [-0.25, -0.2) is 4.79 Å². The molecular weight excluding hydrogens is 252 g/mol. The van der Waals surface area contributed by atoms with Gasteiger partial charge in [0.05, 0.1) is 0 Å². The maximum absolute atomic E-state index is 10.6. The number of hydrogen-bond acceptors (Lipinski definition) is 6. The van der Waals surface area contributed by atoms with Gasteiger partial charge in [-0.05, 0) is 18.2 Å². The van der Waals surface area contributed by atoms with Gasteiger partial charge in [0.15, 0.2) is 17.2 Å². The molecule has 0 saturated heterocycles. The third-order valence-corrected chi connectivity index (χ3v) is 2.43. The van der Waals surface area contributed by atoms with Gasteiger partial charge in [0.25, 0.3) is 0 Å². The summed E-state index contributed by atoms with van der Waals surface area (Å²) in [5.41, 5.74) is -0.141. The second-order valence-corrected chi connectivity index (χ2v) is 3.68. The van der Waals surface area contributed by atoms with Crippen molar-refractivity contribution in [3.8, 4) is 23.1 Å². The summed E-state index contributed by atoms with van der Waals surface area (Å²) in [4.78, 5) is 10.6. The second-order valence-electron chi connectivity index (χ2n) is 3.68. The molecule has 0 aliphatic carbocycles. The van der Waals surface area contributed by atoms with E-state index in [1.165, 1.54) is 12.1 Å². The smallest absolute Gasteiger partial charge is 0.356 e. The van der Waals surface area contributed by atoms with Gasteiger partial charge in [-0.3, -0.25) is 0 Å². The molecule has 0 bridgehead atoms. The number of aromatic nitrogens is 2. The van der Waals surface area contributed by atoms with Gasteiger partial charge < -0.3 is 19.3 Å². The summed E-state index contributed by atoms with van der Waals surface area (Å²) in [7, 11) is 0. The zero-order chi connectivity index (χ0) is 13.2. The Labute approximate surface area is 107 Å². The van der Waals surface area contributed by atoms with Gasteiger partial charge in [0.2, 0.25) is 12.7 Å². The van der Waals surface area contributed by atoms with Crippen LogP contribution in [-0.4, -0.2) is 28.1 Å². The molecule has 1 aliphatic heterocycles. The predicted octanol–water partition coefficient (Wildman–Crippen LogP) is 1.70. The molecule has 0 fully saturated rings. The number of hydrogen-bond donors (Lipinski definition) is 1. The van der Waals surface area contributed by atoms with Crippen molar-refractivity contribution in [3.63, 3.8) is 0 Å². The Morgan fingerprint density at radius 1 is 1.16 bits per heavy atom. The van der Waals surface area contributed by atoms with Crippen LogP contribution in [0.15, 0.2) is 30.3 Å². The van der Waals surface area contributed by atoms with E-state index < -0.39 is 5.97 Å². The normalized spacial score (nSPS) is 12.2. The highest BCUT2D eigenvalue weighted by Crippen LogP contribution is 2.36. The summed E-state index contributed by atoms with van der Waals surface area (Å²) in [6.07, 6.45) is 0. The number of rotatable bonds is 3. The minimum absolute atomic E-state index is 0.141. The number of carboxylic acid groups (broad SMARTS) is 1. The highest BCUT2D eigenvalue weighted by atomic mass is 16.7. The third kappa shape index (κ3) is 2.25. The number of nitrogens with zero attached hydrogens (tertiary/aromatic N) is 2. The van der Waals surface area contributed by atoms with E-state index in [4.69, 9.17) is 19.3 Å². The van der Waals surface area contributed by atoms with Crippen LogP contribution in [0.2, 0.25) is 0 Å². The number of benzene rings is 1. The number of fused-ring (bicyclic) bond motifs is 1. The fourth-order valence-corrected chi connectivity index (χ4v) is 1.55. The highest BCUT2D eigenvalue weighted by Gasteiger charge is 2.14. The van der Waals surface area contributed by atoms with Crippen LogP contribution in [0, 0.1) is 0 Å². The number of carboxylic acids is 1. The molecule has 0 unspecified atom stereocenters. The summed E-state index contributed by atoms with van der Waals surface area (Å²) in [5, 5.41) is 15.9. The molecule has 7 nitrogen and oxygen atoms in total. The van der Waals surface area contributed by atoms with Crippen molar-refractivity contribution >= 4 is 5.97 Å². The molecule has 0 atom stereocenters. The lowest BCUT2D eigenvalue weighted by atomic mass is 10.3. The zero-order valence-corrected chi connectivity index (χ0v) is 9.57. The Morgan fingerprint density at radius 3 is 2.74 bits per heavy atom. The number of aromatic carboxylic acids is 1. The van der Waals surface area contributed by atoms with Crippen LogP contribution in [0.5, 0.6) is 23.1 Å². The Kier molecular flexibility index (Phi) is 2.64. The lowest BCUT2D eigenvalue weighted by molar-refractivity contribution is 0.0689. The van der Waals surface area contributed by atoms with E-state index in [0.717, 1.165) is 0 Å². The van der Waals surface area contributed by atoms with Gasteiger partial charge in [-0.2, -0.15) is 0 Å². The monoisotopic (exact) mass is 260 g/mol. The maximum atomic E-state index is 10.6. The quantitative estimate of drug-likeness (QED) is 0.897. The average Bonchev–Trinajstić information content (AvgIpc) is 2.87.